The lowest BCUT2D eigenvalue weighted by atomic mass is 10.4. The Morgan fingerprint density at radius 3 is 2.38 bits per heavy atom. The molecule has 0 fully saturated rings. The SMILES string of the molecule is CN1C(=O)c2nc(Br)n(C)c2C1=O. The van der Waals surface area contributed by atoms with Gasteiger partial charge in [0.2, 0.25) is 0 Å². The Kier molecular flexibility index (Phi) is 1.56. The highest BCUT2D eigenvalue weighted by atomic mass is 79.9. The number of carbonyl (C=O) groups excluding carboxylic acids is 2. The molecule has 0 saturated heterocycles. The summed E-state index contributed by atoms with van der Waals surface area (Å²) in [6, 6.07) is 0. The van der Waals surface area contributed by atoms with E-state index < -0.39 is 0 Å². The predicted molar refractivity (Wildman–Crippen MR) is 47.3 cm³/mol. The molecule has 0 spiro atoms. The van der Waals surface area contributed by atoms with Gasteiger partial charge in [0.05, 0.1) is 0 Å². The number of hydrogen-bond acceptors (Lipinski definition) is 3. The van der Waals surface area contributed by atoms with E-state index in [1.54, 1.807) is 11.6 Å². The molecule has 1 aliphatic heterocycles. The largest absolute Gasteiger partial charge is 0.317 e. The fourth-order valence-corrected chi connectivity index (χ4v) is 1.63. The number of carbonyl (C=O) groups is 2. The van der Waals surface area contributed by atoms with Gasteiger partial charge in [-0.15, -0.1) is 0 Å². The molecule has 2 heterocycles. The van der Waals surface area contributed by atoms with Crippen LogP contribution in [0.25, 0.3) is 0 Å². The summed E-state index contributed by atoms with van der Waals surface area (Å²) in [5, 5.41) is 0. The van der Waals surface area contributed by atoms with Crippen LogP contribution < -0.4 is 0 Å². The van der Waals surface area contributed by atoms with E-state index in [-0.39, 0.29) is 17.5 Å². The third-order valence-electron chi connectivity index (χ3n) is 2.05. The van der Waals surface area contributed by atoms with Gasteiger partial charge in [-0.05, 0) is 15.9 Å². The maximum absolute atomic E-state index is 11.5. The molecule has 2 amide bonds. The van der Waals surface area contributed by atoms with Gasteiger partial charge in [-0.1, -0.05) is 0 Å². The number of aromatic nitrogens is 2. The van der Waals surface area contributed by atoms with Crippen LogP contribution in [0.4, 0.5) is 0 Å². The van der Waals surface area contributed by atoms with Gasteiger partial charge in [0, 0.05) is 14.1 Å². The standard InChI is InChI=1S/C7H6BrN3O2/c1-10-4-3(9-7(10)8)5(12)11(2)6(4)13/h1-2H3. The van der Waals surface area contributed by atoms with Crippen LogP contribution in [0.15, 0.2) is 4.73 Å². The molecule has 0 unspecified atom stereocenters. The van der Waals surface area contributed by atoms with Crippen LogP contribution in [0.5, 0.6) is 0 Å². The Bertz CT molecular complexity index is 424. The number of imide groups is 1. The lowest BCUT2D eigenvalue weighted by molar-refractivity contribution is 0.0686. The van der Waals surface area contributed by atoms with Crippen LogP contribution in [0, 0.1) is 0 Å². The second kappa shape index (κ2) is 2.41. The Morgan fingerprint density at radius 1 is 1.23 bits per heavy atom. The van der Waals surface area contributed by atoms with E-state index in [0.717, 1.165) is 4.90 Å². The normalized spacial score (nSPS) is 15.5. The van der Waals surface area contributed by atoms with Gasteiger partial charge in [-0.2, -0.15) is 0 Å². The first-order chi connectivity index (χ1) is 6.04. The Hall–Kier alpha value is -1.17. The summed E-state index contributed by atoms with van der Waals surface area (Å²) in [5.74, 6) is -0.651. The summed E-state index contributed by atoms with van der Waals surface area (Å²) in [5.41, 5.74) is 0.571. The zero-order valence-electron chi connectivity index (χ0n) is 7.04. The first-order valence-corrected chi connectivity index (χ1v) is 4.38. The highest BCUT2D eigenvalue weighted by molar-refractivity contribution is 9.10. The fourth-order valence-electron chi connectivity index (χ4n) is 1.28. The molecular formula is C7H6BrN3O2. The van der Waals surface area contributed by atoms with Gasteiger partial charge in [0.15, 0.2) is 10.4 Å². The second-order valence-corrected chi connectivity index (χ2v) is 3.52. The summed E-state index contributed by atoms with van der Waals surface area (Å²) >= 11 is 3.15. The zero-order valence-corrected chi connectivity index (χ0v) is 8.62. The van der Waals surface area contributed by atoms with Crippen molar-refractivity contribution in [3.8, 4) is 0 Å². The molecule has 0 N–H and O–H groups in total. The number of rotatable bonds is 0. The third-order valence-corrected chi connectivity index (χ3v) is 2.76. The predicted octanol–water partition coefficient (Wildman–Crippen LogP) is 0.408. The number of imidazole rings is 1. The maximum Gasteiger partial charge on any atom is 0.281 e. The van der Waals surface area contributed by atoms with Crippen molar-refractivity contribution >= 4 is 27.7 Å². The molecule has 0 aliphatic carbocycles. The molecular weight excluding hydrogens is 238 g/mol. The van der Waals surface area contributed by atoms with Gasteiger partial charge in [-0.3, -0.25) is 14.5 Å². The molecule has 2 rings (SSSR count). The number of amides is 2. The van der Waals surface area contributed by atoms with Gasteiger partial charge >= 0.3 is 0 Å². The number of nitrogens with zero attached hydrogens (tertiary/aromatic N) is 3. The summed E-state index contributed by atoms with van der Waals surface area (Å²) in [6.07, 6.45) is 0. The quantitative estimate of drug-likeness (QED) is 0.621. The van der Waals surface area contributed by atoms with Crippen LogP contribution in [-0.2, 0) is 7.05 Å². The topological polar surface area (TPSA) is 55.2 Å². The minimum atomic E-state index is -0.346. The smallest absolute Gasteiger partial charge is 0.281 e. The number of hydrogen-bond donors (Lipinski definition) is 0. The molecule has 1 aliphatic rings. The van der Waals surface area contributed by atoms with Crippen LogP contribution in [0.3, 0.4) is 0 Å². The minimum absolute atomic E-state index is 0.224. The average molecular weight is 244 g/mol. The van der Waals surface area contributed by atoms with Crippen molar-refractivity contribution in [3.63, 3.8) is 0 Å². The lowest BCUT2D eigenvalue weighted by Crippen LogP contribution is -2.26. The van der Waals surface area contributed by atoms with Crippen molar-refractivity contribution in [3.05, 3.63) is 16.1 Å². The van der Waals surface area contributed by atoms with Gasteiger partial charge < -0.3 is 4.57 Å². The minimum Gasteiger partial charge on any atom is -0.317 e. The first kappa shape index (κ1) is 8.43. The highest BCUT2D eigenvalue weighted by Gasteiger charge is 2.38. The summed E-state index contributed by atoms with van der Waals surface area (Å²) in [4.78, 5) is 27.8. The second-order valence-electron chi connectivity index (χ2n) is 2.81. The molecule has 68 valence electrons. The van der Waals surface area contributed by atoms with E-state index in [2.05, 4.69) is 20.9 Å². The molecule has 0 saturated carbocycles. The molecule has 1 aromatic rings. The number of fused-ring (bicyclic) bond motifs is 1. The molecule has 0 bridgehead atoms. The van der Waals surface area contributed by atoms with Crippen molar-refractivity contribution in [1.29, 1.82) is 0 Å². The van der Waals surface area contributed by atoms with Crippen molar-refractivity contribution in [2.75, 3.05) is 7.05 Å². The molecule has 0 aromatic carbocycles. The van der Waals surface area contributed by atoms with Crippen LogP contribution in [0.1, 0.15) is 21.0 Å². The third kappa shape index (κ3) is 0.888. The van der Waals surface area contributed by atoms with Gasteiger partial charge in [-0.25, -0.2) is 4.98 Å². The van der Waals surface area contributed by atoms with Gasteiger partial charge in [0.1, 0.15) is 5.69 Å². The fraction of sp³-hybridized carbons (Fsp3) is 0.286. The van der Waals surface area contributed by atoms with Gasteiger partial charge in [0.25, 0.3) is 11.8 Å². The Balaban J connectivity index is 2.72. The van der Waals surface area contributed by atoms with E-state index >= 15 is 0 Å². The van der Waals surface area contributed by atoms with Crippen LogP contribution in [-0.4, -0.2) is 33.3 Å². The molecule has 0 atom stereocenters. The van der Waals surface area contributed by atoms with E-state index in [4.69, 9.17) is 0 Å². The summed E-state index contributed by atoms with van der Waals surface area (Å²) in [6.45, 7) is 0. The van der Waals surface area contributed by atoms with Crippen LogP contribution >= 0.6 is 15.9 Å². The Labute approximate surface area is 82.5 Å². The molecule has 1 aromatic heterocycles. The van der Waals surface area contributed by atoms with E-state index in [9.17, 15) is 9.59 Å². The zero-order chi connectivity index (χ0) is 9.75. The van der Waals surface area contributed by atoms with Crippen LogP contribution in [0.2, 0.25) is 0 Å². The van der Waals surface area contributed by atoms with E-state index in [1.807, 2.05) is 0 Å². The molecule has 6 heteroatoms. The van der Waals surface area contributed by atoms with E-state index in [1.165, 1.54) is 7.05 Å². The average Bonchev–Trinajstić information content (AvgIpc) is 2.48. The molecule has 5 nitrogen and oxygen atoms in total. The Morgan fingerprint density at radius 2 is 1.85 bits per heavy atom. The lowest BCUT2D eigenvalue weighted by Gasteiger charge is -2.05. The maximum atomic E-state index is 11.5. The summed E-state index contributed by atoms with van der Waals surface area (Å²) < 4.78 is 2.05. The summed E-state index contributed by atoms with van der Waals surface area (Å²) in [7, 11) is 3.13. The van der Waals surface area contributed by atoms with Crippen molar-refractivity contribution < 1.29 is 9.59 Å². The molecule has 0 radical (unpaired) electrons. The molecule has 13 heavy (non-hydrogen) atoms. The monoisotopic (exact) mass is 243 g/mol. The van der Waals surface area contributed by atoms with Crippen molar-refractivity contribution in [1.82, 2.24) is 14.5 Å². The highest BCUT2D eigenvalue weighted by Crippen LogP contribution is 2.23. The van der Waals surface area contributed by atoms with Crippen molar-refractivity contribution in [2.45, 2.75) is 0 Å². The first-order valence-electron chi connectivity index (χ1n) is 3.58. The van der Waals surface area contributed by atoms with Crippen molar-refractivity contribution in [2.24, 2.45) is 7.05 Å². The van der Waals surface area contributed by atoms with E-state index in [0.29, 0.717) is 10.4 Å². The number of halogens is 1.